The Morgan fingerprint density at radius 3 is 2.62 bits per heavy atom. The van der Waals surface area contributed by atoms with Crippen LogP contribution in [-0.2, 0) is 16.2 Å². The van der Waals surface area contributed by atoms with E-state index in [9.17, 15) is 21.6 Å². The maximum Gasteiger partial charge on any atom is 0.416 e. The average Bonchev–Trinajstić information content (AvgIpc) is 2.38. The summed E-state index contributed by atoms with van der Waals surface area (Å²) in [5, 5.41) is 2.78. The number of halogens is 4. The molecule has 21 heavy (non-hydrogen) atoms. The highest BCUT2D eigenvalue weighted by molar-refractivity contribution is 7.89. The lowest BCUT2D eigenvalue weighted by Crippen LogP contribution is -2.45. The van der Waals surface area contributed by atoms with Crippen LogP contribution in [0.2, 0.25) is 5.02 Å². The largest absolute Gasteiger partial charge is 0.416 e. The van der Waals surface area contributed by atoms with Crippen LogP contribution in [-0.4, -0.2) is 27.5 Å². The highest BCUT2D eigenvalue weighted by Gasteiger charge is 2.33. The number of rotatable bonds is 3. The minimum absolute atomic E-state index is 0.237. The van der Waals surface area contributed by atoms with E-state index in [1.807, 2.05) is 0 Å². The molecule has 0 aromatic heterocycles. The van der Waals surface area contributed by atoms with E-state index in [2.05, 4.69) is 10.0 Å². The van der Waals surface area contributed by atoms with E-state index in [1.54, 1.807) is 0 Å². The fourth-order valence-corrected chi connectivity index (χ4v) is 3.92. The second kappa shape index (κ2) is 6.12. The Balaban J connectivity index is 2.30. The lowest BCUT2D eigenvalue weighted by molar-refractivity contribution is -0.137. The maximum absolute atomic E-state index is 12.7. The molecule has 1 heterocycles. The molecular formula is C12H14ClF3N2O2S. The first-order chi connectivity index (χ1) is 9.70. The molecule has 9 heteroatoms. The van der Waals surface area contributed by atoms with Crippen LogP contribution in [0.4, 0.5) is 13.2 Å². The number of benzene rings is 1. The van der Waals surface area contributed by atoms with Crippen molar-refractivity contribution >= 4 is 21.6 Å². The molecule has 0 spiro atoms. The molecule has 4 nitrogen and oxygen atoms in total. The van der Waals surface area contributed by atoms with Crippen molar-refractivity contribution in [1.82, 2.24) is 10.0 Å². The molecule has 118 valence electrons. The summed E-state index contributed by atoms with van der Waals surface area (Å²) in [5.74, 6) is 0. The number of piperidine rings is 1. The molecule has 0 amide bonds. The van der Waals surface area contributed by atoms with E-state index in [0.717, 1.165) is 25.1 Å². The zero-order chi connectivity index (χ0) is 15.7. The van der Waals surface area contributed by atoms with Crippen LogP contribution in [0.5, 0.6) is 0 Å². The number of nitrogens with one attached hydrogen (secondary N) is 2. The van der Waals surface area contributed by atoms with Crippen LogP contribution in [0.15, 0.2) is 23.1 Å². The van der Waals surface area contributed by atoms with Gasteiger partial charge in [0, 0.05) is 12.6 Å². The molecule has 0 radical (unpaired) electrons. The number of hydrogen-bond acceptors (Lipinski definition) is 3. The first kappa shape index (κ1) is 16.5. The summed E-state index contributed by atoms with van der Waals surface area (Å²) in [4.78, 5) is -0.551. The fraction of sp³-hybridized carbons (Fsp3) is 0.500. The molecule has 2 rings (SSSR count). The summed E-state index contributed by atoms with van der Waals surface area (Å²) in [7, 11) is -4.10. The van der Waals surface area contributed by atoms with Gasteiger partial charge in [-0.1, -0.05) is 11.6 Å². The Kier molecular flexibility index (Phi) is 4.82. The van der Waals surface area contributed by atoms with Gasteiger partial charge in [-0.15, -0.1) is 0 Å². The molecule has 1 aromatic carbocycles. The molecule has 0 aliphatic carbocycles. The second-order valence-corrected chi connectivity index (χ2v) is 6.90. The van der Waals surface area contributed by atoms with Gasteiger partial charge in [0.05, 0.1) is 10.6 Å². The molecule has 1 fully saturated rings. The molecule has 1 aromatic rings. The van der Waals surface area contributed by atoms with E-state index >= 15 is 0 Å². The quantitative estimate of drug-likeness (QED) is 0.886. The van der Waals surface area contributed by atoms with Gasteiger partial charge in [0.2, 0.25) is 10.0 Å². The van der Waals surface area contributed by atoms with Gasteiger partial charge in [0.1, 0.15) is 4.90 Å². The summed E-state index contributed by atoms with van der Waals surface area (Å²) in [6.07, 6.45) is -3.20. The maximum atomic E-state index is 12.7. The van der Waals surface area contributed by atoms with Crippen molar-refractivity contribution in [2.75, 3.05) is 13.1 Å². The van der Waals surface area contributed by atoms with Crippen LogP contribution in [0.3, 0.4) is 0 Å². The van der Waals surface area contributed by atoms with Crippen LogP contribution in [0, 0.1) is 0 Å². The van der Waals surface area contributed by atoms with Gasteiger partial charge in [0.15, 0.2) is 0 Å². The van der Waals surface area contributed by atoms with E-state index < -0.39 is 26.7 Å². The second-order valence-electron chi connectivity index (χ2n) is 4.81. The predicted molar refractivity (Wildman–Crippen MR) is 72.7 cm³/mol. The van der Waals surface area contributed by atoms with Crippen LogP contribution >= 0.6 is 11.6 Å². The monoisotopic (exact) mass is 342 g/mol. The molecule has 1 atom stereocenters. The van der Waals surface area contributed by atoms with E-state index in [-0.39, 0.29) is 11.1 Å². The van der Waals surface area contributed by atoms with Crippen molar-refractivity contribution in [3.63, 3.8) is 0 Å². The summed E-state index contributed by atoms with van der Waals surface area (Å²) in [5.41, 5.74) is -1.05. The summed E-state index contributed by atoms with van der Waals surface area (Å²) < 4.78 is 64.8. The molecule has 0 bridgehead atoms. The summed E-state index contributed by atoms with van der Waals surface area (Å²) in [6, 6.07) is 1.90. The minimum Gasteiger partial charge on any atom is -0.315 e. The van der Waals surface area contributed by atoms with Crippen molar-refractivity contribution in [2.45, 2.75) is 30.0 Å². The van der Waals surface area contributed by atoms with Gasteiger partial charge >= 0.3 is 6.18 Å². The van der Waals surface area contributed by atoms with Crippen LogP contribution < -0.4 is 10.0 Å². The first-order valence-electron chi connectivity index (χ1n) is 6.30. The Morgan fingerprint density at radius 1 is 1.33 bits per heavy atom. The van der Waals surface area contributed by atoms with Crippen LogP contribution in [0.1, 0.15) is 18.4 Å². The number of sulfonamides is 1. The highest BCUT2D eigenvalue weighted by atomic mass is 35.5. The molecule has 2 N–H and O–H groups in total. The van der Waals surface area contributed by atoms with E-state index in [0.29, 0.717) is 19.0 Å². The Labute approximate surface area is 125 Å². The van der Waals surface area contributed by atoms with Crippen molar-refractivity contribution in [1.29, 1.82) is 0 Å². The van der Waals surface area contributed by atoms with Gasteiger partial charge in [-0.3, -0.25) is 0 Å². The van der Waals surface area contributed by atoms with Gasteiger partial charge < -0.3 is 5.32 Å². The fourth-order valence-electron chi connectivity index (χ4n) is 2.12. The highest BCUT2D eigenvalue weighted by Crippen LogP contribution is 2.33. The van der Waals surface area contributed by atoms with Crippen molar-refractivity contribution in [3.05, 3.63) is 28.8 Å². The lowest BCUT2D eigenvalue weighted by Gasteiger charge is -2.24. The topological polar surface area (TPSA) is 58.2 Å². The van der Waals surface area contributed by atoms with Crippen molar-refractivity contribution in [2.24, 2.45) is 0 Å². The third kappa shape index (κ3) is 4.09. The molecule has 0 saturated carbocycles. The van der Waals surface area contributed by atoms with E-state index in [1.165, 1.54) is 0 Å². The van der Waals surface area contributed by atoms with Gasteiger partial charge in [0.25, 0.3) is 0 Å². The van der Waals surface area contributed by atoms with Gasteiger partial charge in [-0.2, -0.15) is 13.2 Å². The zero-order valence-electron chi connectivity index (χ0n) is 10.9. The van der Waals surface area contributed by atoms with Gasteiger partial charge in [-0.05, 0) is 37.6 Å². The summed E-state index contributed by atoms with van der Waals surface area (Å²) in [6.45, 7) is 1.23. The van der Waals surface area contributed by atoms with E-state index in [4.69, 9.17) is 11.6 Å². The Bertz CT molecular complexity index is 613. The minimum atomic E-state index is -4.62. The Morgan fingerprint density at radius 2 is 2.05 bits per heavy atom. The molecule has 1 aliphatic rings. The van der Waals surface area contributed by atoms with Gasteiger partial charge in [-0.25, -0.2) is 13.1 Å². The van der Waals surface area contributed by atoms with Crippen molar-refractivity contribution < 1.29 is 21.6 Å². The normalized spacial score (nSPS) is 20.5. The molecule has 0 unspecified atom stereocenters. The Hall–Kier alpha value is -0.830. The van der Waals surface area contributed by atoms with Crippen molar-refractivity contribution in [3.8, 4) is 0 Å². The summed E-state index contributed by atoms with van der Waals surface area (Å²) >= 11 is 5.75. The standard InChI is InChI=1S/C12H14ClF3N2O2S/c13-10-4-3-8(12(14,15)16)6-11(10)21(19,20)18-9-2-1-5-17-7-9/h3-4,6,9,17-18H,1-2,5,7H2/t9-/m1/s1. The molecule has 1 saturated heterocycles. The van der Waals surface area contributed by atoms with Crippen LogP contribution in [0.25, 0.3) is 0 Å². The first-order valence-corrected chi connectivity index (χ1v) is 8.16. The average molecular weight is 343 g/mol. The molecule has 1 aliphatic heterocycles. The predicted octanol–water partition coefficient (Wildman–Crippen LogP) is 2.39. The number of alkyl halides is 3. The zero-order valence-corrected chi connectivity index (χ0v) is 12.4. The third-order valence-corrected chi connectivity index (χ3v) is 5.17. The molecular weight excluding hydrogens is 329 g/mol. The number of hydrogen-bond donors (Lipinski definition) is 2. The smallest absolute Gasteiger partial charge is 0.315 e. The lowest BCUT2D eigenvalue weighted by atomic mass is 10.1. The SMILES string of the molecule is O=S(=O)(N[C@@H]1CCCNC1)c1cc(C(F)(F)F)ccc1Cl. The third-order valence-electron chi connectivity index (χ3n) is 3.17.